The van der Waals surface area contributed by atoms with Gasteiger partial charge in [0.25, 0.3) is 0 Å². The topological polar surface area (TPSA) is 78.3 Å². The molecule has 0 radical (unpaired) electrons. The highest BCUT2D eigenvalue weighted by atomic mass is 16.5. The zero-order valence-electron chi connectivity index (χ0n) is 11.0. The first-order valence-corrected chi connectivity index (χ1v) is 6.11. The smallest absolute Gasteiger partial charge is 0.227 e. The lowest BCUT2D eigenvalue weighted by Crippen LogP contribution is -2.24. The van der Waals surface area contributed by atoms with Crippen LogP contribution in [0.4, 0.5) is 5.69 Å². The minimum Gasteiger partial charge on any atom is -0.496 e. The molecule has 1 aromatic carbocycles. The second-order valence-corrected chi connectivity index (χ2v) is 4.64. The zero-order valence-corrected chi connectivity index (χ0v) is 11.0. The molecule has 1 aromatic rings. The summed E-state index contributed by atoms with van der Waals surface area (Å²) in [5.41, 5.74) is 10.2. The molecule has 1 aliphatic heterocycles. The average molecular weight is 260 g/mol. The van der Waals surface area contributed by atoms with Crippen LogP contribution in [0.2, 0.25) is 0 Å². The molecule has 0 spiro atoms. The molecule has 1 atom stereocenters. The Balaban J connectivity index is 2.16. The Morgan fingerprint density at radius 2 is 2.37 bits per heavy atom. The molecule has 0 saturated carbocycles. The van der Waals surface area contributed by atoms with E-state index >= 15 is 0 Å². The molecule has 1 fully saturated rings. The Morgan fingerprint density at radius 3 is 3.00 bits per heavy atom. The first-order chi connectivity index (χ1) is 9.15. The summed E-state index contributed by atoms with van der Waals surface area (Å²) in [5.74, 6) is 0.981. The highest BCUT2D eigenvalue weighted by molar-refractivity contribution is 5.95. The molecule has 1 saturated heterocycles. The minimum absolute atomic E-state index is 0.0720. The maximum Gasteiger partial charge on any atom is 0.227 e. The fourth-order valence-electron chi connectivity index (χ4n) is 2.34. The van der Waals surface area contributed by atoms with Crippen molar-refractivity contribution in [2.24, 2.45) is 11.0 Å². The molecule has 0 aromatic heterocycles. The van der Waals surface area contributed by atoms with Gasteiger partial charge in [0, 0.05) is 30.1 Å². The van der Waals surface area contributed by atoms with Crippen molar-refractivity contribution in [2.45, 2.75) is 13.3 Å². The summed E-state index contributed by atoms with van der Waals surface area (Å²) in [6, 6.07) is 5.67. The monoisotopic (exact) mass is 260 g/mol. The van der Waals surface area contributed by atoms with Gasteiger partial charge in [-0.15, -0.1) is 0 Å². The third kappa shape index (κ3) is 2.80. The van der Waals surface area contributed by atoms with Crippen LogP contribution in [0.25, 0.3) is 10.4 Å². The van der Waals surface area contributed by atoms with Gasteiger partial charge in [-0.2, -0.15) is 0 Å². The molecule has 1 amide bonds. The molecule has 0 aliphatic carbocycles. The van der Waals surface area contributed by atoms with E-state index < -0.39 is 0 Å². The van der Waals surface area contributed by atoms with Crippen LogP contribution in [-0.4, -0.2) is 26.1 Å². The first kappa shape index (κ1) is 13.2. The second-order valence-electron chi connectivity index (χ2n) is 4.64. The Kier molecular flexibility index (Phi) is 3.92. The zero-order chi connectivity index (χ0) is 13.8. The van der Waals surface area contributed by atoms with E-state index in [1.165, 1.54) is 0 Å². The Hall–Kier alpha value is -2.20. The third-order valence-corrected chi connectivity index (χ3v) is 3.30. The van der Waals surface area contributed by atoms with Gasteiger partial charge in [0.15, 0.2) is 0 Å². The quantitative estimate of drug-likeness (QED) is 0.474. The van der Waals surface area contributed by atoms with Crippen molar-refractivity contribution >= 4 is 11.6 Å². The van der Waals surface area contributed by atoms with Gasteiger partial charge in [-0.05, 0) is 42.1 Å². The fraction of sp³-hybridized carbons (Fsp3) is 0.462. The number of methoxy groups -OCH3 is 1. The molecule has 1 heterocycles. The summed E-state index contributed by atoms with van der Waals surface area (Å²) in [6.45, 7) is 2.91. The van der Waals surface area contributed by atoms with E-state index in [1.54, 1.807) is 12.0 Å². The molecule has 1 unspecified atom stereocenters. The van der Waals surface area contributed by atoms with Gasteiger partial charge in [-0.25, -0.2) is 0 Å². The fourth-order valence-corrected chi connectivity index (χ4v) is 2.34. The summed E-state index contributed by atoms with van der Waals surface area (Å²) in [7, 11) is 1.62. The van der Waals surface area contributed by atoms with Crippen molar-refractivity contribution in [3.8, 4) is 5.75 Å². The van der Waals surface area contributed by atoms with Crippen molar-refractivity contribution in [3.05, 3.63) is 34.2 Å². The normalized spacial score (nSPS) is 18.3. The summed E-state index contributed by atoms with van der Waals surface area (Å²) in [5, 5.41) is 3.54. The van der Waals surface area contributed by atoms with Crippen LogP contribution >= 0.6 is 0 Å². The van der Waals surface area contributed by atoms with Gasteiger partial charge < -0.3 is 9.64 Å². The summed E-state index contributed by atoms with van der Waals surface area (Å²) < 4.78 is 5.21. The van der Waals surface area contributed by atoms with E-state index in [9.17, 15) is 4.79 Å². The van der Waals surface area contributed by atoms with Crippen LogP contribution in [0.3, 0.4) is 0 Å². The molecule has 6 heteroatoms. The molecule has 0 N–H and O–H groups in total. The third-order valence-electron chi connectivity index (χ3n) is 3.30. The molecule has 19 heavy (non-hydrogen) atoms. The van der Waals surface area contributed by atoms with Crippen LogP contribution in [0.5, 0.6) is 5.75 Å². The number of carbonyl (C=O) groups excluding carboxylic acids is 1. The van der Waals surface area contributed by atoms with Gasteiger partial charge in [0.2, 0.25) is 5.91 Å². The average Bonchev–Trinajstić information content (AvgIpc) is 2.77. The van der Waals surface area contributed by atoms with Crippen molar-refractivity contribution in [1.82, 2.24) is 0 Å². The lowest BCUT2D eigenvalue weighted by atomic mass is 10.1. The maximum atomic E-state index is 12.0. The van der Waals surface area contributed by atoms with Crippen LogP contribution in [0, 0.1) is 12.8 Å². The number of aryl methyl sites for hydroxylation is 1. The Bertz CT molecular complexity index is 537. The predicted octanol–water partition coefficient (Wildman–Crippen LogP) is 2.67. The Morgan fingerprint density at radius 1 is 1.58 bits per heavy atom. The molecule has 6 nitrogen and oxygen atoms in total. The largest absolute Gasteiger partial charge is 0.496 e. The van der Waals surface area contributed by atoms with Crippen LogP contribution in [-0.2, 0) is 4.79 Å². The van der Waals surface area contributed by atoms with E-state index in [-0.39, 0.29) is 11.8 Å². The standard InChI is InChI=1S/C13H16N4O2/c1-9-5-11(3-4-12(9)19-2)17-8-10(6-13(17)18)7-15-16-14/h3-5,10H,6-8H2,1-2H3. The number of nitrogens with zero attached hydrogens (tertiary/aromatic N) is 4. The highest BCUT2D eigenvalue weighted by Gasteiger charge is 2.30. The molecular weight excluding hydrogens is 244 g/mol. The maximum absolute atomic E-state index is 12.0. The van der Waals surface area contributed by atoms with Crippen LogP contribution in [0.1, 0.15) is 12.0 Å². The molecule has 100 valence electrons. The van der Waals surface area contributed by atoms with Gasteiger partial charge in [-0.1, -0.05) is 5.11 Å². The van der Waals surface area contributed by atoms with Crippen molar-refractivity contribution in [3.63, 3.8) is 0 Å². The molecule has 1 aliphatic rings. The lowest BCUT2D eigenvalue weighted by molar-refractivity contribution is -0.117. The van der Waals surface area contributed by atoms with Crippen molar-refractivity contribution in [1.29, 1.82) is 0 Å². The molecular formula is C13H16N4O2. The van der Waals surface area contributed by atoms with Crippen LogP contribution < -0.4 is 9.64 Å². The predicted molar refractivity (Wildman–Crippen MR) is 72.2 cm³/mol. The van der Waals surface area contributed by atoms with Crippen molar-refractivity contribution in [2.75, 3.05) is 25.1 Å². The number of benzene rings is 1. The van der Waals surface area contributed by atoms with E-state index in [0.29, 0.717) is 19.5 Å². The highest BCUT2D eigenvalue weighted by Crippen LogP contribution is 2.29. The first-order valence-electron chi connectivity index (χ1n) is 6.11. The second kappa shape index (κ2) is 5.63. The Labute approximate surface area is 111 Å². The van der Waals surface area contributed by atoms with E-state index in [0.717, 1.165) is 17.0 Å². The number of azide groups is 1. The lowest BCUT2D eigenvalue weighted by Gasteiger charge is -2.18. The van der Waals surface area contributed by atoms with E-state index in [4.69, 9.17) is 10.3 Å². The summed E-state index contributed by atoms with van der Waals surface area (Å²) in [6.07, 6.45) is 0.435. The number of hydrogen-bond donors (Lipinski definition) is 0. The van der Waals surface area contributed by atoms with Gasteiger partial charge in [0.05, 0.1) is 7.11 Å². The van der Waals surface area contributed by atoms with E-state index in [1.807, 2.05) is 25.1 Å². The minimum atomic E-state index is 0.0720. The summed E-state index contributed by atoms with van der Waals surface area (Å²) in [4.78, 5) is 16.5. The van der Waals surface area contributed by atoms with E-state index in [2.05, 4.69) is 10.0 Å². The SMILES string of the molecule is COc1ccc(N2CC(CN=[N+]=[N-])CC2=O)cc1C. The number of anilines is 1. The molecule has 0 bridgehead atoms. The number of ether oxygens (including phenoxy) is 1. The number of amides is 1. The number of rotatable bonds is 4. The van der Waals surface area contributed by atoms with Crippen LogP contribution in [0.15, 0.2) is 23.3 Å². The van der Waals surface area contributed by atoms with Gasteiger partial charge >= 0.3 is 0 Å². The number of hydrogen-bond acceptors (Lipinski definition) is 3. The summed E-state index contributed by atoms with van der Waals surface area (Å²) >= 11 is 0. The number of carbonyl (C=O) groups is 1. The van der Waals surface area contributed by atoms with Gasteiger partial charge in [0.1, 0.15) is 5.75 Å². The molecule has 2 rings (SSSR count). The van der Waals surface area contributed by atoms with Crippen molar-refractivity contribution < 1.29 is 9.53 Å². The van der Waals surface area contributed by atoms with Gasteiger partial charge in [-0.3, -0.25) is 4.79 Å².